The monoisotopic (exact) mass is 439 g/mol. The fourth-order valence-electron chi connectivity index (χ4n) is 3.83. The van der Waals surface area contributed by atoms with Crippen molar-refractivity contribution in [1.82, 2.24) is 24.4 Å². The Labute approximate surface area is 182 Å². The topological polar surface area (TPSA) is 97.2 Å². The smallest absolute Gasteiger partial charge is 0.243 e. The van der Waals surface area contributed by atoms with Gasteiger partial charge in [-0.3, -0.25) is 4.79 Å². The number of carbonyl (C=O) groups excluding carboxylic acids is 1. The number of hydrogen-bond donors (Lipinski definition) is 1. The van der Waals surface area contributed by atoms with Crippen LogP contribution in [-0.4, -0.2) is 46.0 Å². The zero-order valence-corrected chi connectivity index (χ0v) is 18.1. The molecule has 2 unspecified atom stereocenters. The highest BCUT2D eigenvalue weighted by Gasteiger charge is 2.37. The van der Waals surface area contributed by atoms with E-state index in [9.17, 15) is 13.2 Å². The summed E-state index contributed by atoms with van der Waals surface area (Å²) < 4.78 is 29.3. The molecule has 1 aliphatic heterocycles. The lowest BCUT2D eigenvalue weighted by molar-refractivity contribution is -0.126. The molecule has 1 saturated heterocycles. The predicted molar refractivity (Wildman–Crippen MR) is 116 cm³/mol. The van der Waals surface area contributed by atoms with Crippen LogP contribution in [0.4, 0.5) is 0 Å². The van der Waals surface area contributed by atoms with Gasteiger partial charge in [0.1, 0.15) is 18.7 Å². The first kappa shape index (κ1) is 21.2. The quantitative estimate of drug-likeness (QED) is 0.637. The molecule has 2 aromatic carbocycles. The lowest BCUT2D eigenvalue weighted by Gasteiger charge is -2.34. The van der Waals surface area contributed by atoms with E-state index < -0.39 is 16.1 Å². The second-order valence-electron chi connectivity index (χ2n) is 7.60. The van der Waals surface area contributed by atoms with Crippen LogP contribution in [0.3, 0.4) is 0 Å². The first-order valence-corrected chi connectivity index (χ1v) is 11.7. The molecule has 162 valence electrons. The van der Waals surface area contributed by atoms with Gasteiger partial charge in [-0.2, -0.15) is 9.40 Å². The van der Waals surface area contributed by atoms with Crippen molar-refractivity contribution in [1.29, 1.82) is 0 Å². The van der Waals surface area contributed by atoms with E-state index in [0.717, 1.165) is 24.1 Å². The van der Waals surface area contributed by atoms with Gasteiger partial charge in [0.25, 0.3) is 0 Å². The first-order valence-electron chi connectivity index (χ1n) is 10.3. The molecule has 3 aromatic rings. The summed E-state index contributed by atoms with van der Waals surface area (Å²) >= 11 is 0. The van der Waals surface area contributed by atoms with Crippen molar-refractivity contribution in [2.75, 3.05) is 6.54 Å². The van der Waals surface area contributed by atoms with Crippen LogP contribution in [0.1, 0.15) is 37.8 Å². The lowest BCUT2D eigenvalue weighted by Crippen LogP contribution is -2.52. The highest BCUT2D eigenvalue weighted by molar-refractivity contribution is 7.89. The van der Waals surface area contributed by atoms with Gasteiger partial charge >= 0.3 is 0 Å². The second kappa shape index (κ2) is 8.99. The van der Waals surface area contributed by atoms with Gasteiger partial charge in [0.15, 0.2) is 0 Å². The molecule has 31 heavy (non-hydrogen) atoms. The Morgan fingerprint density at radius 2 is 1.84 bits per heavy atom. The largest absolute Gasteiger partial charge is 0.348 e. The number of hydrogen-bond acceptors (Lipinski definition) is 5. The lowest BCUT2D eigenvalue weighted by atomic mass is 10.0. The van der Waals surface area contributed by atoms with E-state index in [1.165, 1.54) is 10.6 Å². The normalized spacial score (nSPS) is 18.4. The van der Waals surface area contributed by atoms with E-state index in [0.29, 0.717) is 13.0 Å². The minimum Gasteiger partial charge on any atom is -0.348 e. The summed E-state index contributed by atoms with van der Waals surface area (Å²) in [5, 5.41) is 7.09. The summed E-state index contributed by atoms with van der Waals surface area (Å²) in [6.07, 6.45) is 5.16. The maximum absolute atomic E-state index is 13.1. The number of benzene rings is 2. The molecule has 4 rings (SSSR count). The summed E-state index contributed by atoms with van der Waals surface area (Å²) in [7, 11) is -3.73. The van der Waals surface area contributed by atoms with Gasteiger partial charge in [0.2, 0.25) is 15.9 Å². The summed E-state index contributed by atoms with van der Waals surface area (Å²) in [6, 6.07) is 15.0. The Kier molecular flexibility index (Phi) is 6.15. The Bertz CT molecular complexity index is 1120. The molecule has 9 heteroatoms. The van der Waals surface area contributed by atoms with Gasteiger partial charge in [0.05, 0.1) is 16.6 Å². The van der Waals surface area contributed by atoms with Crippen molar-refractivity contribution in [3.05, 3.63) is 72.8 Å². The molecule has 1 aliphatic rings. The van der Waals surface area contributed by atoms with Crippen molar-refractivity contribution in [3.63, 3.8) is 0 Å². The molecule has 1 fully saturated rings. The fourth-order valence-corrected chi connectivity index (χ4v) is 5.51. The molecule has 0 spiro atoms. The number of rotatable bonds is 6. The zero-order chi connectivity index (χ0) is 21.8. The number of nitrogens with one attached hydrogen (secondary N) is 1. The van der Waals surface area contributed by atoms with Gasteiger partial charge in [0, 0.05) is 6.54 Å². The van der Waals surface area contributed by atoms with Crippen molar-refractivity contribution >= 4 is 15.9 Å². The highest BCUT2D eigenvalue weighted by atomic mass is 32.2. The van der Waals surface area contributed by atoms with Crippen molar-refractivity contribution in [2.45, 2.75) is 43.2 Å². The molecule has 0 bridgehead atoms. The number of piperidine rings is 1. The molecule has 1 N–H and O–H groups in total. The first-order chi connectivity index (χ1) is 15.0. The molecule has 8 nitrogen and oxygen atoms in total. The van der Waals surface area contributed by atoms with Gasteiger partial charge in [-0.25, -0.2) is 18.1 Å². The Hall–Kier alpha value is -3.04. The van der Waals surface area contributed by atoms with Crippen LogP contribution in [0.2, 0.25) is 0 Å². The average Bonchev–Trinajstić information content (AvgIpc) is 3.35. The Balaban J connectivity index is 1.48. The number of aromatic nitrogens is 3. The predicted octanol–water partition coefficient (Wildman–Crippen LogP) is 2.69. The van der Waals surface area contributed by atoms with Crippen molar-refractivity contribution < 1.29 is 13.2 Å². The maximum atomic E-state index is 13.1. The second-order valence-corrected chi connectivity index (χ2v) is 9.49. The molecule has 0 radical (unpaired) electrons. The summed E-state index contributed by atoms with van der Waals surface area (Å²) in [6.45, 7) is 2.23. The summed E-state index contributed by atoms with van der Waals surface area (Å²) in [5.74, 6) is -0.271. The molecule has 0 saturated carbocycles. The molecule has 1 amide bonds. The standard InChI is InChI=1S/C22H25N5O3S/c1-17(18-10-12-19(13-11-18)26-16-23-15-24-26)25-22(28)21-9-5-6-14-27(21)31(29,30)20-7-3-2-4-8-20/h2-4,7-8,10-13,15-17,21H,5-6,9,14H2,1H3,(H,25,28). The van der Waals surface area contributed by atoms with Crippen molar-refractivity contribution in [2.24, 2.45) is 0 Å². The number of carbonyl (C=O) groups is 1. The van der Waals surface area contributed by atoms with Gasteiger partial charge < -0.3 is 5.32 Å². The van der Waals surface area contributed by atoms with Crippen molar-refractivity contribution in [3.8, 4) is 5.69 Å². The third kappa shape index (κ3) is 4.52. The number of amides is 1. The van der Waals surface area contributed by atoms with Crippen LogP contribution in [0, 0.1) is 0 Å². The molecule has 1 aromatic heterocycles. The van der Waals surface area contributed by atoms with Gasteiger partial charge in [-0.15, -0.1) is 0 Å². The minimum atomic E-state index is -3.73. The van der Waals surface area contributed by atoms with E-state index in [1.807, 2.05) is 31.2 Å². The average molecular weight is 440 g/mol. The third-order valence-electron chi connectivity index (χ3n) is 5.54. The molecule has 2 heterocycles. The van der Waals surface area contributed by atoms with Crippen LogP contribution in [0.15, 0.2) is 72.1 Å². The summed E-state index contributed by atoms with van der Waals surface area (Å²) in [5.41, 5.74) is 1.79. The zero-order valence-electron chi connectivity index (χ0n) is 17.3. The molecule has 2 atom stereocenters. The number of nitrogens with zero attached hydrogens (tertiary/aromatic N) is 4. The minimum absolute atomic E-state index is 0.214. The van der Waals surface area contributed by atoms with Gasteiger partial charge in [-0.05, 0) is 49.6 Å². The molecule has 0 aliphatic carbocycles. The van der Waals surface area contributed by atoms with Crippen LogP contribution in [0.25, 0.3) is 5.69 Å². The number of sulfonamides is 1. The van der Waals surface area contributed by atoms with E-state index in [1.54, 1.807) is 41.3 Å². The fraction of sp³-hybridized carbons (Fsp3) is 0.318. The van der Waals surface area contributed by atoms with E-state index >= 15 is 0 Å². The molecular weight excluding hydrogens is 414 g/mol. The van der Waals surface area contributed by atoms with Crippen LogP contribution < -0.4 is 5.32 Å². The van der Waals surface area contributed by atoms with Crippen LogP contribution in [0.5, 0.6) is 0 Å². The maximum Gasteiger partial charge on any atom is 0.243 e. The Morgan fingerprint density at radius 1 is 1.10 bits per heavy atom. The van der Waals surface area contributed by atoms with Crippen LogP contribution >= 0.6 is 0 Å². The van der Waals surface area contributed by atoms with Gasteiger partial charge in [-0.1, -0.05) is 36.8 Å². The van der Waals surface area contributed by atoms with E-state index in [-0.39, 0.29) is 16.8 Å². The SMILES string of the molecule is CC(NC(=O)C1CCCCN1S(=O)(=O)c1ccccc1)c1ccc(-n2cncn2)cc1. The van der Waals surface area contributed by atoms with E-state index in [2.05, 4.69) is 15.4 Å². The third-order valence-corrected chi connectivity index (χ3v) is 7.46. The highest BCUT2D eigenvalue weighted by Crippen LogP contribution is 2.26. The molecular formula is C22H25N5O3S. The van der Waals surface area contributed by atoms with E-state index in [4.69, 9.17) is 0 Å². The summed E-state index contributed by atoms with van der Waals surface area (Å²) in [4.78, 5) is 17.2. The van der Waals surface area contributed by atoms with Crippen LogP contribution in [-0.2, 0) is 14.8 Å². The Morgan fingerprint density at radius 3 is 2.52 bits per heavy atom.